The van der Waals surface area contributed by atoms with Crippen LogP contribution in [0.25, 0.3) is 0 Å². The molecular formula is C32H36BrCl2N3O4S. The molecule has 0 spiro atoms. The lowest BCUT2D eigenvalue weighted by molar-refractivity contribution is -0.140. The Bertz CT molecular complexity index is 1530. The summed E-state index contributed by atoms with van der Waals surface area (Å²) in [5.41, 5.74) is 1.90. The zero-order valence-electron chi connectivity index (χ0n) is 24.2. The maximum Gasteiger partial charge on any atom is 0.264 e. The molecule has 1 atom stereocenters. The van der Waals surface area contributed by atoms with Crippen LogP contribution >= 0.6 is 39.1 Å². The number of anilines is 1. The molecule has 2 amide bonds. The fourth-order valence-corrected chi connectivity index (χ4v) is 7.27. The van der Waals surface area contributed by atoms with Crippen molar-refractivity contribution in [2.45, 2.75) is 75.9 Å². The number of hydrogen-bond donors (Lipinski definition) is 1. The normalized spacial score (nSPS) is 14.6. The number of amides is 2. The summed E-state index contributed by atoms with van der Waals surface area (Å²) in [5, 5.41) is 3.84. The van der Waals surface area contributed by atoms with E-state index in [2.05, 4.69) is 21.2 Å². The van der Waals surface area contributed by atoms with Gasteiger partial charge < -0.3 is 10.2 Å². The van der Waals surface area contributed by atoms with E-state index in [0.29, 0.717) is 27.7 Å². The van der Waals surface area contributed by atoms with Crippen LogP contribution < -0.4 is 9.62 Å². The maximum absolute atomic E-state index is 14.3. The third-order valence-corrected chi connectivity index (χ3v) is 10.7. The Kier molecular flexibility index (Phi) is 11.6. The number of benzene rings is 3. The molecular weight excluding hydrogens is 673 g/mol. The minimum absolute atomic E-state index is 0.0467. The van der Waals surface area contributed by atoms with Crippen LogP contribution in [0.3, 0.4) is 0 Å². The number of nitrogens with one attached hydrogen (secondary N) is 1. The van der Waals surface area contributed by atoms with E-state index in [9.17, 15) is 18.0 Å². The summed E-state index contributed by atoms with van der Waals surface area (Å²) in [6.45, 7) is 3.25. The standard InChI is InChI=1S/C32H36BrCl2N3O4S/c1-3-30(32(40)36-25-7-5-4-6-8-25)37(20-23-11-18-28(34)29(35)19-23)31(39)21-38(26-14-12-24(33)13-15-26)43(41,42)27-16-9-22(2)10-17-27/h9-19,25,30H,3-8,20-21H2,1-2H3,(H,36,40). The lowest BCUT2D eigenvalue weighted by atomic mass is 9.95. The number of halogens is 3. The number of carbonyl (C=O) groups is 2. The van der Waals surface area contributed by atoms with E-state index in [0.717, 1.165) is 46.4 Å². The average molecular weight is 710 g/mol. The minimum Gasteiger partial charge on any atom is -0.352 e. The van der Waals surface area contributed by atoms with Crippen molar-refractivity contribution in [3.63, 3.8) is 0 Å². The molecule has 0 heterocycles. The predicted octanol–water partition coefficient (Wildman–Crippen LogP) is 7.52. The van der Waals surface area contributed by atoms with Gasteiger partial charge in [0.1, 0.15) is 12.6 Å². The first kappa shape index (κ1) is 33.3. The minimum atomic E-state index is -4.14. The molecule has 230 valence electrons. The number of hydrogen-bond acceptors (Lipinski definition) is 4. The molecule has 1 unspecified atom stereocenters. The van der Waals surface area contributed by atoms with Crippen molar-refractivity contribution in [3.05, 3.63) is 92.4 Å². The molecule has 1 aliphatic rings. The number of nitrogens with zero attached hydrogens (tertiary/aromatic N) is 2. The van der Waals surface area contributed by atoms with E-state index in [1.165, 1.54) is 17.0 Å². The van der Waals surface area contributed by atoms with Crippen molar-refractivity contribution in [1.29, 1.82) is 0 Å². The van der Waals surface area contributed by atoms with Crippen LogP contribution in [-0.2, 0) is 26.2 Å². The van der Waals surface area contributed by atoms with Gasteiger partial charge in [-0.3, -0.25) is 13.9 Å². The van der Waals surface area contributed by atoms with Crippen molar-refractivity contribution in [1.82, 2.24) is 10.2 Å². The Balaban J connectivity index is 1.71. The van der Waals surface area contributed by atoms with Gasteiger partial charge in [-0.15, -0.1) is 0 Å². The first-order valence-electron chi connectivity index (χ1n) is 14.4. The number of carbonyl (C=O) groups excluding carboxylic acids is 2. The molecule has 0 aromatic heterocycles. The molecule has 7 nitrogen and oxygen atoms in total. The van der Waals surface area contributed by atoms with Crippen LogP contribution in [0.4, 0.5) is 5.69 Å². The van der Waals surface area contributed by atoms with Crippen molar-refractivity contribution in [2.75, 3.05) is 10.8 Å². The monoisotopic (exact) mass is 707 g/mol. The number of sulfonamides is 1. The highest BCUT2D eigenvalue weighted by molar-refractivity contribution is 9.10. The van der Waals surface area contributed by atoms with E-state index < -0.39 is 28.5 Å². The first-order valence-corrected chi connectivity index (χ1v) is 17.4. The molecule has 43 heavy (non-hydrogen) atoms. The molecule has 0 bridgehead atoms. The topological polar surface area (TPSA) is 86.8 Å². The highest BCUT2D eigenvalue weighted by Crippen LogP contribution is 2.28. The number of aryl methyl sites for hydroxylation is 1. The van der Waals surface area contributed by atoms with Crippen LogP contribution in [0.1, 0.15) is 56.6 Å². The fraction of sp³-hybridized carbons (Fsp3) is 0.375. The van der Waals surface area contributed by atoms with Crippen LogP contribution in [-0.4, -0.2) is 43.8 Å². The average Bonchev–Trinajstić information content (AvgIpc) is 2.98. The summed E-state index contributed by atoms with van der Waals surface area (Å²) in [6.07, 6.45) is 5.38. The molecule has 0 aliphatic heterocycles. The Morgan fingerprint density at radius 3 is 2.21 bits per heavy atom. The second-order valence-electron chi connectivity index (χ2n) is 10.8. The van der Waals surface area contributed by atoms with Gasteiger partial charge in [0, 0.05) is 17.1 Å². The Labute approximate surface area is 272 Å². The summed E-state index contributed by atoms with van der Waals surface area (Å²) in [4.78, 5) is 29.4. The molecule has 0 saturated heterocycles. The summed E-state index contributed by atoms with van der Waals surface area (Å²) < 4.78 is 29.9. The molecule has 0 radical (unpaired) electrons. The molecule has 1 aliphatic carbocycles. The fourth-order valence-electron chi connectivity index (χ4n) is 5.27. The SMILES string of the molecule is CCC(C(=O)NC1CCCCC1)N(Cc1ccc(Cl)c(Cl)c1)C(=O)CN(c1ccc(Br)cc1)S(=O)(=O)c1ccc(C)cc1. The Morgan fingerprint density at radius 1 is 0.953 bits per heavy atom. The lowest BCUT2D eigenvalue weighted by Crippen LogP contribution is -2.54. The van der Waals surface area contributed by atoms with Gasteiger partial charge in [0.2, 0.25) is 11.8 Å². The van der Waals surface area contributed by atoms with Crippen molar-refractivity contribution >= 4 is 66.7 Å². The molecule has 11 heteroatoms. The highest BCUT2D eigenvalue weighted by atomic mass is 79.9. The van der Waals surface area contributed by atoms with Crippen LogP contribution in [0.5, 0.6) is 0 Å². The third-order valence-electron chi connectivity index (χ3n) is 7.68. The quantitative estimate of drug-likeness (QED) is 0.223. The zero-order valence-corrected chi connectivity index (χ0v) is 28.1. The number of rotatable bonds is 11. The summed E-state index contributed by atoms with van der Waals surface area (Å²) in [6, 6.07) is 17.5. The molecule has 1 saturated carbocycles. The van der Waals surface area contributed by atoms with Crippen molar-refractivity contribution in [3.8, 4) is 0 Å². The molecule has 1 fully saturated rings. The van der Waals surface area contributed by atoms with Gasteiger partial charge in [-0.25, -0.2) is 8.42 Å². The van der Waals surface area contributed by atoms with Gasteiger partial charge in [-0.1, -0.05) is 89.1 Å². The van der Waals surface area contributed by atoms with Gasteiger partial charge >= 0.3 is 0 Å². The van der Waals surface area contributed by atoms with Gasteiger partial charge in [-0.2, -0.15) is 0 Å². The van der Waals surface area contributed by atoms with Crippen LogP contribution in [0.2, 0.25) is 10.0 Å². The largest absolute Gasteiger partial charge is 0.352 e. The summed E-state index contributed by atoms with van der Waals surface area (Å²) in [7, 11) is -4.14. The smallest absolute Gasteiger partial charge is 0.264 e. The van der Waals surface area contributed by atoms with Gasteiger partial charge in [0.15, 0.2) is 0 Å². The highest BCUT2D eigenvalue weighted by Gasteiger charge is 2.34. The zero-order chi connectivity index (χ0) is 31.1. The molecule has 4 rings (SSSR count). The lowest BCUT2D eigenvalue weighted by Gasteiger charge is -2.34. The van der Waals surface area contributed by atoms with E-state index in [1.807, 2.05) is 13.8 Å². The van der Waals surface area contributed by atoms with E-state index in [1.54, 1.807) is 54.6 Å². The Morgan fingerprint density at radius 2 is 1.60 bits per heavy atom. The van der Waals surface area contributed by atoms with Crippen LogP contribution in [0, 0.1) is 6.92 Å². The predicted molar refractivity (Wildman–Crippen MR) is 176 cm³/mol. The van der Waals surface area contributed by atoms with Gasteiger partial charge in [0.25, 0.3) is 10.0 Å². The van der Waals surface area contributed by atoms with Crippen molar-refractivity contribution in [2.24, 2.45) is 0 Å². The molecule has 3 aromatic carbocycles. The summed E-state index contributed by atoms with van der Waals surface area (Å²) in [5.74, 6) is -0.769. The summed E-state index contributed by atoms with van der Waals surface area (Å²) >= 11 is 15.8. The maximum atomic E-state index is 14.3. The van der Waals surface area contributed by atoms with Crippen LogP contribution in [0.15, 0.2) is 76.1 Å². The van der Waals surface area contributed by atoms with E-state index in [-0.39, 0.29) is 23.4 Å². The van der Waals surface area contributed by atoms with Gasteiger partial charge in [0.05, 0.1) is 20.6 Å². The molecule has 1 N–H and O–H groups in total. The van der Waals surface area contributed by atoms with E-state index in [4.69, 9.17) is 23.2 Å². The second-order valence-corrected chi connectivity index (χ2v) is 14.4. The molecule has 3 aromatic rings. The second kappa shape index (κ2) is 14.9. The first-order chi connectivity index (χ1) is 20.5. The third kappa shape index (κ3) is 8.53. The Hall–Kier alpha value is -2.59. The van der Waals surface area contributed by atoms with Gasteiger partial charge in [-0.05, 0) is 80.3 Å². The van der Waals surface area contributed by atoms with E-state index >= 15 is 0 Å². The van der Waals surface area contributed by atoms with Crippen molar-refractivity contribution < 1.29 is 18.0 Å².